The summed E-state index contributed by atoms with van der Waals surface area (Å²) in [5.41, 5.74) is 5.35. The first-order valence-electron chi connectivity index (χ1n) is 9.85. The van der Waals surface area contributed by atoms with E-state index in [-0.39, 0.29) is 0 Å². The minimum atomic E-state index is -0.571. The Morgan fingerprint density at radius 1 is 0.931 bits per heavy atom. The van der Waals surface area contributed by atoms with Crippen molar-refractivity contribution in [2.24, 2.45) is 0 Å². The third-order valence-electron chi connectivity index (χ3n) is 4.90. The molecule has 150 valence electrons. The van der Waals surface area contributed by atoms with Gasteiger partial charge in [0.2, 0.25) is 0 Å². The van der Waals surface area contributed by atoms with Crippen LogP contribution in [0, 0.1) is 6.92 Å². The van der Waals surface area contributed by atoms with Crippen LogP contribution < -0.4 is 4.74 Å². The summed E-state index contributed by atoms with van der Waals surface area (Å²) in [6.45, 7) is 3.09. The molecule has 0 heterocycles. The van der Waals surface area contributed by atoms with Crippen molar-refractivity contribution in [3.63, 3.8) is 0 Å². The lowest BCUT2D eigenvalue weighted by Gasteiger charge is -2.15. The summed E-state index contributed by atoms with van der Waals surface area (Å²) in [6.07, 6.45) is 2.00. The van der Waals surface area contributed by atoms with E-state index in [2.05, 4.69) is 18.2 Å². The van der Waals surface area contributed by atoms with Gasteiger partial charge < -0.3 is 14.6 Å². The molecule has 0 radical (unpaired) electrons. The van der Waals surface area contributed by atoms with Crippen LogP contribution in [0.25, 0.3) is 5.57 Å². The minimum absolute atomic E-state index is 0.483. The monoisotopic (exact) mass is 388 g/mol. The Morgan fingerprint density at radius 3 is 2.28 bits per heavy atom. The molecule has 0 aliphatic rings. The van der Waals surface area contributed by atoms with Crippen molar-refractivity contribution in [1.29, 1.82) is 0 Å². The summed E-state index contributed by atoms with van der Waals surface area (Å²) in [5, 5.41) is 10.8. The number of hydrogen-bond acceptors (Lipinski definition) is 3. The molecule has 3 nitrogen and oxygen atoms in total. The number of benzene rings is 3. The molecule has 0 aliphatic carbocycles. The van der Waals surface area contributed by atoms with E-state index in [4.69, 9.17) is 9.47 Å². The second kappa shape index (κ2) is 10.6. The van der Waals surface area contributed by atoms with Crippen molar-refractivity contribution < 1.29 is 14.6 Å². The summed E-state index contributed by atoms with van der Waals surface area (Å²) >= 11 is 0. The zero-order valence-electron chi connectivity index (χ0n) is 17.0. The molecular formula is C26H28O3. The van der Waals surface area contributed by atoms with Gasteiger partial charge in [-0.1, -0.05) is 78.4 Å². The fraction of sp³-hybridized carbons (Fsp3) is 0.231. The molecule has 1 N–H and O–H groups in total. The van der Waals surface area contributed by atoms with E-state index in [1.165, 1.54) is 5.56 Å². The SMILES string of the molecule is COc1ccc(/C(=C\COCc2ccccc2)CC(O)c2ccc(C)cc2)cc1. The highest BCUT2D eigenvalue weighted by molar-refractivity contribution is 5.66. The van der Waals surface area contributed by atoms with E-state index in [0.29, 0.717) is 19.6 Å². The molecule has 3 heteroatoms. The van der Waals surface area contributed by atoms with Crippen molar-refractivity contribution >= 4 is 5.57 Å². The third kappa shape index (κ3) is 6.31. The molecule has 0 spiro atoms. The molecule has 29 heavy (non-hydrogen) atoms. The highest BCUT2D eigenvalue weighted by Crippen LogP contribution is 2.29. The Bertz CT molecular complexity index is 897. The standard InChI is InChI=1S/C26H28O3/c1-20-8-10-23(11-9-20)26(27)18-24(22-12-14-25(28-2)15-13-22)16-17-29-19-21-6-4-3-5-7-21/h3-16,26-27H,17-19H2,1-2H3/b24-16-. The van der Waals surface area contributed by atoms with Crippen molar-refractivity contribution in [3.8, 4) is 5.75 Å². The number of aliphatic hydroxyl groups is 1. The number of methoxy groups -OCH3 is 1. The van der Waals surface area contributed by atoms with E-state index >= 15 is 0 Å². The summed E-state index contributed by atoms with van der Waals surface area (Å²) in [7, 11) is 1.66. The molecule has 3 aromatic carbocycles. The van der Waals surface area contributed by atoms with Crippen molar-refractivity contribution in [3.05, 3.63) is 107 Å². The maximum Gasteiger partial charge on any atom is 0.118 e. The number of hydrogen-bond donors (Lipinski definition) is 1. The molecule has 0 fully saturated rings. The van der Waals surface area contributed by atoms with Gasteiger partial charge in [0.25, 0.3) is 0 Å². The van der Waals surface area contributed by atoms with Gasteiger partial charge >= 0.3 is 0 Å². The largest absolute Gasteiger partial charge is 0.497 e. The van der Waals surface area contributed by atoms with Crippen LogP contribution in [0.2, 0.25) is 0 Å². The molecule has 3 rings (SSSR count). The zero-order valence-corrected chi connectivity index (χ0v) is 17.0. The first-order chi connectivity index (χ1) is 14.2. The zero-order chi connectivity index (χ0) is 20.5. The summed E-state index contributed by atoms with van der Waals surface area (Å²) in [5.74, 6) is 0.813. The minimum Gasteiger partial charge on any atom is -0.497 e. The van der Waals surface area contributed by atoms with Gasteiger partial charge in [0, 0.05) is 6.42 Å². The lowest BCUT2D eigenvalue weighted by molar-refractivity contribution is 0.148. The van der Waals surface area contributed by atoms with Crippen LogP contribution in [0.3, 0.4) is 0 Å². The topological polar surface area (TPSA) is 38.7 Å². The van der Waals surface area contributed by atoms with Crippen LogP contribution in [-0.2, 0) is 11.3 Å². The summed E-state index contributed by atoms with van der Waals surface area (Å²) in [4.78, 5) is 0. The smallest absolute Gasteiger partial charge is 0.118 e. The second-order valence-electron chi connectivity index (χ2n) is 7.09. The molecule has 0 saturated heterocycles. The Balaban J connectivity index is 1.72. The van der Waals surface area contributed by atoms with Crippen LogP contribution in [0.15, 0.2) is 84.9 Å². The van der Waals surface area contributed by atoms with Crippen LogP contribution >= 0.6 is 0 Å². The maximum absolute atomic E-state index is 10.8. The average molecular weight is 389 g/mol. The second-order valence-corrected chi connectivity index (χ2v) is 7.09. The fourth-order valence-electron chi connectivity index (χ4n) is 3.15. The number of aliphatic hydroxyl groups excluding tert-OH is 1. The molecule has 3 aromatic rings. The highest BCUT2D eigenvalue weighted by Gasteiger charge is 2.12. The van der Waals surface area contributed by atoms with Crippen LogP contribution in [0.4, 0.5) is 0 Å². The predicted octanol–water partition coefficient (Wildman–Crippen LogP) is 5.73. The predicted molar refractivity (Wildman–Crippen MR) is 118 cm³/mol. The van der Waals surface area contributed by atoms with E-state index in [1.807, 2.05) is 73.7 Å². The summed E-state index contributed by atoms with van der Waals surface area (Å²) in [6, 6.07) is 26.0. The molecule has 0 aromatic heterocycles. The van der Waals surface area contributed by atoms with Gasteiger partial charge in [-0.05, 0) is 41.3 Å². The van der Waals surface area contributed by atoms with Gasteiger partial charge in [-0.3, -0.25) is 0 Å². The first-order valence-corrected chi connectivity index (χ1v) is 9.85. The van der Waals surface area contributed by atoms with Gasteiger partial charge in [0.15, 0.2) is 0 Å². The number of rotatable bonds is 9. The van der Waals surface area contributed by atoms with Crippen LogP contribution in [0.5, 0.6) is 5.75 Å². The van der Waals surface area contributed by atoms with Gasteiger partial charge in [-0.25, -0.2) is 0 Å². The average Bonchev–Trinajstić information content (AvgIpc) is 2.77. The van der Waals surface area contributed by atoms with Gasteiger partial charge in [-0.15, -0.1) is 0 Å². The lowest BCUT2D eigenvalue weighted by Crippen LogP contribution is -2.01. The molecule has 0 aliphatic heterocycles. The van der Waals surface area contributed by atoms with E-state index in [0.717, 1.165) is 28.0 Å². The molecule has 1 unspecified atom stereocenters. The van der Waals surface area contributed by atoms with Gasteiger partial charge in [0.1, 0.15) is 5.75 Å². The Labute approximate surface area is 173 Å². The number of ether oxygens (including phenoxy) is 2. The summed E-state index contributed by atoms with van der Waals surface area (Å²) < 4.78 is 11.1. The van der Waals surface area contributed by atoms with E-state index in [9.17, 15) is 5.11 Å². The van der Waals surface area contributed by atoms with Crippen molar-refractivity contribution in [2.45, 2.75) is 26.1 Å². The van der Waals surface area contributed by atoms with Crippen molar-refractivity contribution in [1.82, 2.24) is 0 Å². The van der Waals surface area contributed by atoms with Gasteiger partial charge in [0.05, 0.1) is 26.4 Å². The normalized spacial score (nSPS) is 12.6. The number of aryl methyl sites for hydroxylation is 1. The highest BCUT2D eigenvalue weighted by atomic mass is 16.5. The molecular weight excluding hydrogens is 360 g/mol. The van der Waals surface area contributed by atoms with Crippen LogP contribution in [0.1, 0.15) is 34.8 Å². The third-order valence-corrected chi connectivity index (χ3v) is 4.90. The quantitative estimate of drug-likeness (QED) is 0.476. The van der Waals surface area contributed by atoms with Crippen LogP contribution in [-0.4, -0.2) is 18.8 Å². The molecule has 1 atom stereocenters. The molecule has 0 amide bonds. The van der Waals surface area contributed by atoms with E-state index in [1.54, 1.807) is 7.11 Å². The Morgan fingerprint density at radius 2 is 1.62 bits per heavy atom. The lowest BCUT2D eigenvalue weighted by atomic mass is 9.95. The Kier molecular flexibility index (Phi) is 7.62. The molecule has 0 bridgehead atoms. The maximum atomic E-state index is 10.8. The molecule has 0 saturated carbocycles. The van der Waals surface area contributed by atoms with E-state index < -0.39 is 6.10 Å². The van der Waals surface area contributed by atoms with Crippen molar-refractivity contribution in [2.75, 3.05) is 13.7 Å². The van der Waals surface area contributed by atoms with Gasteiger partial charge in [-0.2, -0.15) is 0 Å². The first kappa shape index (κ1) is 20.8. The fourth-order valence-corrected chi connectivity index (χ4v) is 3.15. The Hall–Kier alpha value is -2.88.